The van der Waals surface area contributed by atoms with E-state index < -0.39 is 0 Å². The third kappa shape index (κ3) is 2.99. The molecule has 0 aliphatic carbocycles. The molecule has 5 nitrogen and oxygen atoms in total. The third-order valence-electron chi connectivity index (χ3n) is 4.69. The molecule has 5 heteroatoms. The zero-order chi connectivity index (χ0) is 16.4. The first kappa shape index (κ1) is 16.0. The van der Waals surface area contributed by atoms with Gasteiger partial charge in [-0.25, -0.2) is 0 Å². The molecule has 2 N–H and O–H groups in total. The molecule has 1 aliphatic rings. The Morgan fingerprint density at radius 2 is 2.22 bits per heavy atom. The number of piperidine rings is 1. The van der Waals surface area contributed by atoms with Crippen LogP contribution in [-0.2, 0) is 11.3 Å². The van der Waals surface area contributed by atoms with Gasteiger partial charge in [-0.1, -0.05) is 25.1 Å². The second-order valence-corrected chi connectivity index (χ2v) is 6.36. The first-order chi connectivity index (χ1) is 11.2. The number of carbonyl (C=O) groups excluding carboxylic acids is 1. The summed E-state index contributed by atoms with van der Waals surface area (Å²) in [5.74, 6) is 0.915. The molecule has 2 unspecified atom stereocenters. The maximum absolute atomic E-state index is 13.1. The normalized spacial score (nSPS) is 21.8. The number of carbonyl (C=O) groups is 1. The number of furan rings is 1. The molecule has 0 spiro atoms. The molecule has 1 aromatic carbocycles. The van der Waals surface area contributed by atoms with Crippen molar-refractivity contribution in [3.8, 4) is 0 Å². The Morgan fingerprint density at radius 1 is 1.43 bits per heavy atom. The maximum Gasteiger partial charge on any atom is 0.290 e. The van der Waals surface area contributed by atoms with Crippen molar-refractivity contribution in [2.45, 2.75) is 32.4 Å². The molecule has 2 aromatic rings. The second kappa shape index (κ2) is 6.72. The average molecular weight is 316 g/mol. The van der Waals surface area contributed by atoms with Crippen LogP contribution in [0.25, 0.3) is 11.0 Å². The summed E-state index contributed by atoms with van der Waals surface area (Å²) >= 11 is 0. The van der Waals surface area contributed by atoms with Crippen molar-refractivity contribution in [3.05, 3.63) is 35.6 Å². The fourth-order valence-electron chi connectivity index (χ4n) is 3.43. The van der Waals surface area contributed by atoms with Crippen LogP contribution in [-0.4, -0.2) is 37.0 Å². The molecule has 2 heterocycles. The minimum absolute atomic E-state index is 0.0735. The molecule has 0 saturated carbocycles. The predicted octanol–water partition coefficient (Wildman–Crippen LogP) is 2.78. The highest BCUT2D eigenvalue weighted by molar-refractivity contribution is 5.99. The van der Waals surface area contributed by atoms with Crippen LogP contribution in [0.1, 0.15) is 35.9 Å². The zero-order valence-electron chi connectivity index (χ0n) is 13.7. The van der Waals surface area contributed by atoms with Gasteiger partial charge in [-0.15, -0.1) is 0 Å². The van der Waals surface area contributed by atoms with E-state index in [4.69, 9.17) is 14.9 Å². The minimum atomic E-state index is -0.0735. The number of para-hydroxylation sites is 1. The lowest BCUT2D eigenvalue weighted by Gasteiger charge is -2.37. The van der Waals surface area contributed by atoms with Crippen LogP contribution in [0.2, 0.25) is 0 Å². The summed E-state index contributed by atoms with van der Waals surface area (Å²) in [4.78, 5) is 14.9. The van der Waals surface area contributed by atoms with Crippen molar-refractivity contribution >= 4 is 16.9 Å². The van der Waals surface area contributed by atoms with E-state index in [1.54, 1.807) is 7.11 Å². The molecular weight excluding hydrogens is 292 g/mol. The molecule has 3 rings (SSSR count). The summed E-state index contributed by atoms with van der Waals surface area (Å²) in [5.41, 5.74) is 7.44. The number of nitrogens with zero attached hydrogens (tertiary/aromatic N) is 1. The van der Waals surface area contributed by atoms with Gasteiger partial charge in [0.15, 0.2) is 5.76 Å². The number of fused-ring (bicyclic) bond motifs is 1. The van der Waals surface area contributed by atoms with Crippen molar-refractivity contribution in [3.63, 3.8) is 0 Å². The van der Waals surface area contributed by atoms with Gasteiger partial charge in [-0.2, -0.15) is 0 Å². The van der Waals surface area contributed by atoms with E-state index in [0.717, 1.165) is 35.9 Å². The molecular formula is C18H24N2O3. The number of nitrogens with two attached hydrogens (primary N) is 1. The predicted molar refractivity (Wildman–Crippen MR) is 89.2 cm³/mol. The van der Waals surface area contributed by atoms with Crippen LogP contribution in [0.3, 0.4) is 0 Å². The summed E-state index contributed by atoms with van der Waals surface area (Å²) in [6.07, 6.45) is 1.95. The number of rotatable bonds is 4. The van der Waals surface area contributed by atoms with E-state index in [1.807, 2.05) is 29.2 Å². The number of likely N-dealkylation sites (tertiary alicyclic amines) is 1. The quantitative estimate of drug-likeness (QED) is 0.941. The topological polar surface area (TPSA) is 68.7 Å². The summed E-state index contributed by atoms with van der Waals surface area (Å²) in [6, 6.07) is 7.76. The largest absolute Gasteiger partial charge is 0.451 e. The van der Waals surface area contributed by atoms with Crippen LogP contribution >= 0.6 is 0 Å². The number of hydrogen-bond donors (Lipinski definition) is 1. The highest BCUT2D eigenvalue weighted by Gasteiger charge is 2.33. The Labute approximate surface area is 136 Å². The summed E-state index contributed by atoms with van der Waals surface area (Å²) in [5, 5.41) is 0.937. The van der Waals surface area contributed by atoms with Gasteiger partial charge in [-0.05, 0) is 24.8 Å². The number of methoxy groups -OCH3 is 1. The molecule has 1 fully saturated rings. The van der Waals surface area contributed by atoms with Crippen LogP contribution in [0.5, 0.6) is 0 Å². The van der Waals surface area contributed by atoms with Crippen molar-refractivity contribution in [2.24, 2.45) is 11.7 Å². The van der Waals surface area contributed by atoms with Crippen molar-refractivity contribution in [2.75, 3.05) is 20.2 Å². The summed E-state index contributed by atoms with van der Waals surface area (Å²) < 4.78 is 11.2. The Morgan fingerprint density at radius 3 is 2.96 bits per heavy atom. The van der Waals surface area contributed by atoms with E-state index >= 15 is 0 Å². The van der Waals surface area contributed by atoms with E-state index in [9.17, 15) is 4.79 Å². The highest BCUT2D eigenvalue weighted by atomic mass is 16.5. The van der Waals surface area contributed by atoms with E-state index in [-0.39, 0.29) is 11.9 Å². The van der Waals surface area contributed by atoms with Gasteiger partial charge >= 0.3 is 0 Å². The Hall–Kier alpha value is -1.85. The second-order valence-electron chi connectivity index (χ2n) is 6.36. The van der Waals surface area contributed by atoms with Crippen LogP contribution in [0.15, 0.2) is 28.7 Å². The number of benzene rings is 1. The monoisotopic (exact) mass is 316 g/mol. The van der Waals surface area contributed by atoms with E-state index in [2.05, 4.69) is 6.92 Å². The molecule has 2 atom stereocenters. The zero-order valence-corrected chi connectivity index (χ0v) is 13.7. The SMILES string of the molecule is COCc1c(C(=O)N2CCC(C)CC2CN)oc2ccccc12. The molecule has 124 valence electrons. The molecule has 1 saturated heterocycles. The van der Waals surface area contributed by atoms with Gasteiger partial charge in [0.1, 0.15) is 5.58 Å². The van der Waals surface area contributed by atoms with Crippen molar-refractivity contribution in [1.29, 1.82) is 0 Å². The molecule has 1 aromatic heterocycles. The molecule has 1 aliphatic heterocycles. The Balaban J connectivity index is 1.98. The van der Waals surface area contributed by atoms with Gasteiger partial charge in [0.2, 0.25) is 0 Å². The molecule has 23 heavy (non-hydrogen) atoms. The lowest BCUT2D eigenvalue weighted by Crippen LogP contribution is -2.49. The van der Waals surface area contributed by atoms with Crippen molar-refractivity contribution < 1.29 is 13.9 Å². The third-order valence-corrected chi connectivity index (χ3v) is 4.69. The first-order valence-electron chi connectivity index (χ1n) is 8.16. The maximum atomic E-state index is 13.1. The Kier molecular flexibility index (Phi) is 4.68. The highest BCUT2D eigenvalue weighted by Crippen LogP contribution is 2.30. The Bertz CT molecular complexity index is 695. The van der Waals surface area contributed by atoms with Crippen LogP contribution in [0.4, 0.5) is 0 Å². The molecule has 1 amide bonds. The van der Waals surface area contributed by atoms with Gasteiger partial charge in [-0.3, -0.25) is 4.79 Å². The lowest BCUT2D eigenvalue weighted by atomic mass is 9.92. The number of hydrogen-bond acceptors (Lipinski definition) is 4. The van der Waals surface area contributed by atoms with E-state index in [0.29, 0.717) is 24.8 Å². The van der Waals surface area contributed by atoms with Gasteiger partial charge in [0.25, 0.3) is 5.91 Å². The van der Waals surface area contributed by atoms with Crippen LogP contribution in [0, 0.1) is 5.92 Å². The number of amides is 1. The fraction of sp³-hybridized carbons (Fsp3) is 0.500. The van der Waals surface area contributed by atoms with Crippen molar-refractivity contribution in [1.82, 2.24) is 4.90 Å². The van der Waals surface area contributed by atoms with Crippen LogP contribution < -0.4 is 5.73 Å². The van der Waals surface area contributed by atoms with Gasteiger partial charge in [0.05, 0.1) is 6.61 Å². The summed E-state index contributed by atoms with van der Waals surface area (Å²) in [7, 11) is 1.63. The van der Waals surface area contributed by atoms with E-state index in [1.165, 1.54) is 0 Å². The molecule has 0 bridgehead atoms. The smallest absolute Gasteiger partial charge is 0.290 e. The molecule has 0 radical (unpaired) electrons. The standard InChI is InChI=1S/C18H24N2O3/c1-12-7-8-20(13(9-12)10-19)18(21)17-15(11-22-2)14-5-3-4-6-16(14)23-17/h3-6,12-13H,7-11,19H2,1-2H3. The summed E-state index contributed by atoms with van der Waals surface area (Å²) in [6.45, 7) is 3.78. The average Bonchev–Trinajstić information content (AvgIpc) is 2.93. The number of ether oxygens (including phenoxy) is 1. The minimum Gasteiger partial charge on any atom is -0.451 e. The lowest BCUT2D eigenvalue weighted by molar-refractivity contribution is 0.0538. The van der Waals surface area contributed by atoms with Gasteiger partial charge in [0, 0.05) is 37.2 Å². The first-order valence-corrected chi connectivity index (χ1v) is 8.16. The van der Waals surface area contributed by atoms with Gasteiger partial charge < -0.3 is 19.8 Å². The fourth-order valence-corrected chi connectivity index (χ4v) is 3.43.